The van der Waals surface area contributed by atoms with Gasteiger partial charge >= 0.3 is 0 Å². The SMILES string of the molecule is CCNC(=NCc1ccc(C)s1)NCC(O)c1ccc(F)cc1.I. The van der Waals surface area contributed by atoms with Gasteiger partial charge in [0.15, 0.2) is 5.96 Å². The molecule has 1 aromatic carbocycles. The van der Waals surface area contributed by atoms with Crippen LogP contribution in [0, 0.1) is 12.7 Å². The van der Waals surface area contributed by atoms with Crippen LogP contribution in [0.1, 0.15) is 28.3 Å². The maximum atomic E-state index is 12.9. The van der Waals surface area contributed by atoms with Crippen molar-refractivity contribution in [1.29, 1.82) is 0 Å². The van der Waals surface area contributed by atoms with Gasteiger partial charge in [0.05, 0.1) is 12.6 Å². The number of halogens is 2. The Morgan fingerprint density at radius 3 is 2.50 bits per heavy atom. The number of nitrogens with one attached hydrogen (secondary N) is 2. The van der Waals surface area contributed by atoms with E-state index in [4.69, 9.17) is 0 Å². The molecule has 0 bridgehead atoms. The number of rotatable bonds is 6. The number of thiophene rings is 1. The summed E-state index contributed by atoms with van der Waals surface area (Å²) >= 11 is 1.72. The summed E-state index contributed by atoms with van der Waals surface area (Å²) in [6.07, 6.45) is -0.719. The summed E-state index contributed by atoms with van der Waals surface area (Å²) in [4.78, 5) is 6.97. The largest absolute Gasteiger partial charge is 0.387 e. The van der Waals surface area contributed by atoms with Crippen molar-refractivity contribution in [3.8, 4) is 0 Å². The molecular weight excluding hydrogens is 440 g/mol. The van der Waals surface area contributed by atoms with Crippen molar-refractivity contribution in [2.75, 3.05) is 13.1 Å². The van der Waals surface area contributed by atoms with Crippen LogP contribution in [0.4, 0.5) is 4.39 Å². The van der Waals surface area contributed by atoms with E-state index in [9.17, 15) is 9.50 Å². The number of aliphatic hydroxyl groups excluding tert-OH is 1. The van der Waals surface area contributed by atoms with Gasteiger partial charge in [0.2, 0.25) is 0 Å². The van der Waals surface area contributed by atoms with Crippen molar-refractivity contribution in [2.24, 2.45) is 4.99 Å². The molecule has 3 N–H and O–H groups in total. The third-order valence-corrected chi connectivity index (χ3v) is 4.24. The second kappa shape index (κ2) is 10.6. The molecule has 0 amide bonds. The van der Waals surface area contributed by atoms with E-state index in [2.05, 4.69) is 34.7 Å². The lowest BCUT2D eigenvalue weighted by Crippen LogP contribution is -2.39. The highest BCUT2D eigenvalue weighted by molar-refractivity contribution is 14.0. The van der Waals surface area contributed by atoms with Gasteiger partial charge in [-0.15, -0.1) is 35.3 Å². The molecule has 0 saturated heterocycles. The van der Waals surface area contributed by atoms with Crippen LogP contribution in [0.2, 0.25) is 0 Å². The Kier molecular flexibility index (Phi) is 9.24. The van der Waals surface area contributed by atoms with E-state index in [-0.39, 0.29) is 29.8 Å². The number of nitrogens with zero attached hydrogens (tertiary/aromatic N) is 1. The first kappa shape index (κ1) is 20.9. The maximum Gasteiger partial charge on any atom is 0.191 e. The summed E-state index contributed by atoms with van der Waals surface area (Å²) in [5.41, 5.74) is 0.670. The Bertz CT molecular complexity index is 646. The molecule has 2 aromatic rings. The van der Waals surface area contributed by atoms with Gasteiger partial charge in [-0.05, 0) is 43.7 Å². The number of hydrogen-bond donors (Lipinski definition) is 3. The van der Waals surface area contributed by atoms with Crippen LogP contribution in [-0.2, 0) is 6.54 Å². The summed E-state index contributed by atoms with van der Waals surface area (Å²) in [5.74, 6) is 0.342. The number of guanidine groups is 1. The third-order valence-electron chi connectivity index (χ3n) is 3.25. The Morgan fingerprint density at radius 1 is 1.21 bits per heavy atom. The zero-order valence-corrected chi connectivity index (χ0v) is 16.9. The number of hydrogen-bond acceptors (Lipinski definition) is 3. The second-order valence-corrected chi connectivity index (χ2v) is 6.53. The van der Waals surface area contributed by atoms with Gasteiger partial charge < -0.3 is 15.7 Å². The lowest BCUT2D eigenvalue weighted by molar-refractivity contribution is 0.180. The van der Waals surface area contributed by atoms with Gasteiger partial charge in [0.1, 0.15) is 5.82 Å². The monoisotopic (exact) mass is 463 g/mol. The van der Waals surface area contributed by atoms with Crippen LogP contribution in [-0.4, -0.2) is 24.2 Å². The van der Waals surface area contributed by atoms with E-state index in [1.54, 1.807) is 23.5 Å². The molecule has 0 aliphatic rings. The highest BCUT2D eigenvalue weighted by Gasteiger charge is 2.08. The number of aliphatic hydroxyl groups is 1. The summed E-state index contributed by atoms with van der Waals surface area (Å²) in [5, 5.41) is 16.4. The van der Waals surface area contributed by atoms with Gasteiger partial charge in [0, 0.05) is 22.8 Å². The van der Waals surface area contributed by atoms with E-state index in [0.717, 1.165) is 6.54 Å². The third kappa shape index (κ3) is 6.74. The molecule has 0 aliphatic heterocycles. The standard InChI is InChI=1S/C17H22FN3OS.HI/c1-3-19-17(20-10-15-9-4-12(2)23-15)21-11-16(22)13-5-7-14(18)8-6-13;/h4-9,16,22H,3,10-11H2,1-2H3,(H2,19,20,21);1H. The van der Waals surface area contributed by atoms with Gasteiger partial charge in [-0.2, -0.15) is 0 Å². The minimum Gasteiger partial charge on any atom is -0.387 e. The summed E-state index contributed by atoms with van der Waals surface area (Å²) in [6, 6.07) is 10.0. The molecule has 0 saturated carbocycles. The van der Waals surface area contributed by atoms with Crippen molar-refractivity contribution >= 4 is 41.3 Å². The van der Waals surface area contributed by atoms with Crippen molar-refractivity contribution < 1.29 is 9.50 Å². The average molecular weight is 463 g/mol. The fourth-order valence-electron chi connectivity index (χ4n) is 2.06. The molecule has 1 aromatic heterocycles. The molecule has 1 unspecified atom stereocenters. The fraction of sp³-hybridized carbons (Fsp3) is 0.353. The first-order chi connectivity index (χ1) is 11.1. The Morgan fingerprint density at radius 2 is 1.92 bits per heavy atom. The van der Waals surface area contributed by atoms with E-state index < -0.39 is 6.10 Å². The highest BCUT2D eigenvalue weighted by Crippen LogP contribution is 2.16. The smallest absolute Gasteiger partial charge is 0.191 e. The van der Waals surface area contributed by atoms with Crippen molar-refractivity contribution in [2.45, 2.75) is 26.5 Å². The predicted octanol–water partition coefficient (Wildman–Crippen LogP) is 3.60. The Balaban J connectivity index is 0.00000288. The van der Waals surface area contributed by atoms with Crippen LogP contribution in [0.15, 0.2) is 41.4 Å². The Labute approximate surface area is 163 Å². The van der Waals surface area contributed by atoms with E-state index in [1.807, 2.05) is 6.92 Å². The topological polar surface area (TPSA) is 56.7 Å². The van der Waals surface area contributed by atoms with E-state index in [1.165, 1.54) is 21.9 Å². The first-order valence-electron chi connectivity index (χ1n) is 7.59. The minimum absolute atomic E-state index is 0. The van der Waals surface area contributed by atoms with E-state index >= 15 is 0 Å². The van der Waals surface area contributed by atoms with Gasteiger partial charge in [-0.25, -0.2) is 9.38 Å². The normalized spacial score (nSPS) is 12.4. The molecule has 2 rings (SSSR count). The van der Waals surface area contributed by atoms with Crippen LogP contribution in [0.25, 0.3) is 0 Å². The molecule has 0 aliphatic carbocycles. The second-order valence-electron chi connectivity index (χ2n) is 5.16. The molecule has 0 spiro atoms. The fourth-order valence-corrected chi connectivity index (χ4v) is 2.88. The van der Waals surface area contributed by atoms with E-state index in [0.29, 0.717) is 24.6 Å². The number of aryl methyl sites for hydroxylation is 1. The summed E-state index contributed by atoms with van der Waals surface area (Å²) in [7, 11) is 0. The molecule has 132 valence electrons. The lowest BCUT2D eigenvalue weighted by atomic mass is 10.1. The number of benzene rings is 1. The van der Waals surface area contributed by atoms with Crippen molar-refractivity contribution in [3.05, 3.63) is 57.5 Å². The molecule has 4 nitrogen and oxygen atoms in total. The van der Waals surface area contributed by atoms with Gasteiger partial charge in [0.25, 0.3) is 0 Å². The Hall–Kier alpha value is -1.19. The number of aliphatic imine (C=N–C) groups is 1. The van der Waals surface area contributed by atoms with Crippen LogP contribution < -0.4 is 10.6 Å². The molecule has 1 heterocycles. The molecule has 1 atom stereocenters. The molecule has 0 radical (unpaired) electrons. The van der Waals surface area contributed by atoms with Crippen LogP contribution in [0.3, 0.4) is 0 Å². The lowest BCUT2D eigenvalue weighted by Gasteiger charge is -2.15. The maximum absolute atomic E-state index is 12.9. The minimum atomic E-state index is -0.719. The zero-order valence-electron chi connectivity index (χ0n) is 13.8. The molecule has 0 fully saturated rings. The highest BCUT2D eigenvalue weighted by atomic mass is 127. The summed E-state index contributed by atoms with van der Waals surface area (Å²) in [6.45, 7) is 5.70. The molecular formula is C17H23FIN3OS. The molecule has 7 heteroatoms. The van der Waals surface area contributed by atoms with Crippen LogP contribution >= 0.6 is 35.3 Å². The quantitative estimate of drug-likeness (QED) is 0.349. The molecule has 24 heavy (non-hydrogen) atoms. The predicted molar refractivity (Wildman–Crippen MR) is 109 cm³/mol. The van der Waals surface area contributed by atoms with Gasteiger partial charge in [-0.1, -0.05) is 12.1 Å². The van der Waals surface area contributed by atoms with Gasteiger partial charge in [-0.3, -0.25) is 0 Å². The first-order valence-corrected chi connectivity index (χ1v) is 8.41. The van der Waals surface area contributed by atoms with Crippen molar-refractivity contribution in [1.82, 2.24) is 10.6 Å². The van der Waals surface area contributed by atoms with Crippen LogP contribution in [0.5, 0.6) is 0 Å². The van der Waals surface area contributed by atoms with Crippen molar-refractivity contribution in [3.63, 3.8) is 0 Å². The summed E-state index contributed by atoms with van der Waals surface area (Å²) < 4.78 is 12.9. The zero-order chi connectivity index (χ0) is 16.7. The average Bonchev–Trinajstić information content (AvgIpc) is 2.96.